The van der Waals surface area contributed by atoms with Gasteiger partial charge in [0, 0.05) is 9.90 Å². The van der Waals surface area contributed by atoms with E-state index < -0.39 is 0 Å². The highest BCUT2D eigenvalue weighted by Crippen LogP contribution is 2.32. The molecule has 96 valence electrons. The van der Waals surface area contributed by atoms with Crippen LogP contribution in [-0.4, -0.2) is 6.54 Å². The number of thiophene rings is 1. The Hall–Kier alpha value is -0.830. The molecule has 0 bridgehead atoms. The van der Waals surface area contributed by atoms with Gasteiger partial charge in [0.15, 0.2) is 0 Å². The second kappa shape index (κ2) is 6.37. The van der Waals surface area contributed by atoms with Crippen LogP contribution in [0.1, 0.15) is 35.4 Å². The van der Waals surface area contributed by atoms with Crippen LogP contribution in [0.2, 0.25) is 5.02 Å². The first-order chi connectivity index (χ1) is 8.74. The minimum Gasteiger partial charge on any atom is -0.306 e. The van der Waals surface area contributed by atoms with Crippen LogP contribution in [0, 0.1) is 6.92 Å². The summed E-state index contributed by atoms with van der Waals surface area (Å²) < 4.78 is 0. The van der Waals surface area contributed by atoms with Gasteiger partial charge in [-0.2, -0.15) is 0 Å². The molecule has 18 heavy (non-hydrogen) atoms. The number of benzene rings is 1. The Morgan fingerprint density at radius 1 is 1.28 bits per heavy atom. The van der Waals surface area contributed by atoms with Gasteiger partial charge in [0.25, 0.3) is 0 Å². The third-order valence-corrected chi connectivity index (χ3v) is 4.41. The summed E-state index contributed by atoms with van der Waals surface area (Å²) in [5, 5.41) is 6.57. The molecule has 0 saturated heterocycles. The molecular formula is C15H18ClNS. The van der Waals surface area contributed by atoms with Crippen molar-refractivity contribution in [3.63, 3.8) is 0 Å². The van der Waals surface area contributed by atoms with Gasteiger partial charge >= 0.3 is 0 Å². The fourth-order valence-electron chi connectivity index (χ4n) is 2.00. The van der Waals surface area contributed by atoms with E-state index in [1.807, 2.05) is 0 Å². The van der Waals surface area contributed by atoms with Crippen LogP contribution >= 0.6 is 22.9 Å². The van der Waals surface area contributed by atoms with Crippen LogP contribution in [0.15, 0.2) is 35.7 Å². The van der Waals surface area contributed by atoms with E-state index in [1.54, 1.807) is 11.3 Å². The average molecular weight is 280 g/mol. The Kier molecular flexibility index (Phi) is 4.81. The quantitative estimate of drug-likeness (QED) is 0.829. The van der Waals surface area contributed by atoms with Crippen molar-refractivity contribution in [2.24, 2.45) is 0 Å². The van der Waals surface area contributed by atoms with E-state index in [0.717, 1.165) is 23.6 Å². The monoisotopic (exact) mass is 279 g/mol. The van der Waals surface area contributed by atoms with E-state index >= 15 is 0 Å². The molecule has 2 rings (SSSR count). The topological polar surface area (TPSA) is 12.0 Å². The van der Waals surface area contributed by atoms with E-state index in [1.165, 1.54) is 10.4 Å². The summed E-state index contributed by atoms with van der Waals surface area (Å²) in [4.78, 5) is 1.32. The summed E-state index contributed by atoms with van der Waals surface area (Å²) in [5.41, 5.74) is 2.31. The largest absolute Gasteiger partial charge is 0.306 e. The van der Waals surface area contributed by atoms with E-state index in [4.69, 9.17) is 11.6 Å². The zero-order valence-corrected chi connectivity index (χ0v) is 12.3. The number of aryl methyl sites for hydroxylation is 1. The molecule has 2 aromatic rings. The highest BCUT2D eigenvalue weighted by molar-refractivity contribution is 7.10. The van der Waals surface area contributed by atoms with Gasteiger partial charge in [-0.1, -0.05) is 42.8 Å². The molecule has 0 fully saturated rings. The number of nitrogens with one attached hydrogen (secondary N) is 1. The Morgan fingerprint density at radius 2 is 2.11 bits per heavy atom. The lowest BCUT2D eigenvalue weighted by Gasteiger charge is -2.19. The molecule has 0 aliphatic heterocycles. The zero-order valence-electron chi connectivity index (χ0n) is 10.7. The molecule has 1 heterocycles. The fourth-order valence-corrected chi connectivity index (χ4v) is 3.05. The summed E-state index contributed by atoms with van der Waals surface area (Å²) in [5.74, 6) is 0. The third kappa shape index (κ3) is 2.94. The van der Waals surface area contributed by atoms with E-state index in [0.29, 0.717) is 0 Å². The van der Waals surface area contributed by atoms with Crippen LogP contribution in [-0.2, 0) is 0 Å². The molecule has 3 heteroatoms. The summed E-state index contributed by atoms with van der Waals surface area (Å²) >= 11 is 8.22. The Morgan fingerprint density at radius 3 is 2.78 bits per heavy atom. The summed E-state index contributed by atoms with van der Waals surface area (Å²) in [7, 11) is 0. The van der Waals surface area contributed by atoms with Crippen molar-refractivity contribution in [3.05, 3.63) is 56.7 Å². The SMILES string of the molecule is CCCNC(c1cccs1)c1cccc(C)c1Cl. The Balaban J connectivity index is 2.37. The highest BCUT2D eigenvalue weighted by Gasteiger charge is 2.17. The van der Waals surface area contributed by atoms with Crippen molar-refractivity contribution in [2.75, 3.05) is 6.54 Å². The van der Waals surface area contributed by atoms with Crippen LogP contribution in [0.5, 0.6) is 0 Å². The van der Waals surface area contributed by atoms with Crippen LogP contribution in [0.4, 0.5) is 0 Å². The standard InChI is InChI=1S/C15H18ClNS/c1-3-9-17-15(13-8-5-10-18-13)12-7-4-6-11(2)14(12)16/h4-8,10,15,17H,3,9H2,1-2H3. The van der Waals surface area contributed by atoms with Gasteiger partial charge in [-0.3, -0.25) is 0 Å². The number of rotatable bonds is 5. The third-order valence-electron chi connectivity index (χ3n) is 2.96. The smallest absolute Gasteiger partial charge is 0.0685 e. The molecule has 1 nitrogen and oxygen atoms in total. The van der Waals surface area contributed by atoms with Crippen molar-refractivity contribution >= 4 is 22.9 Å². The molecule has 1 aromatic heterocycles. The predicted octanol–water partition coefficient (Wildman–Crippen LogP) is 4.80. The second-order valence-electron chi connectivity index (χ2n) is 4.38. The van der Waals surface area contributed by atoms with Gasteiger partial charge < -0.3 is 5.32 Å². The van der Waals surface area contributed by atoms with Gasteiger partial charge in [-0.25, -0.2) is 0 Å². The van der Waals surface area contributed by atoms with Gasteiger partial charge in [0.05, 0.1) is 6.04 Å². The minimum absolute atomic E-state index is 0.206. The van der Waals surface area contributed by atoms with Crippen LogP contribution in [0.25, 0.3) is 0 Å². The fraction of sp³-hybridized carbons (Fsp3) is 0.333. The first-order valence-electron chi connectivity index (χ1n) is 6.25. The number of hydrogen-bond donors (Lipinski definition) is 1. The summed E-state index contributed by atoms with van der Waals surface area (Å²) in [6.07, 6.45) is 1.12. The van der Waals surface area contributed by atoms with Gasteiger partial charge in [0.1, 0.15) is 0 Å². The summed E-state index contributed by atoms with van der Waals surface area (Å²) in [6, 6.07) is 10.7. The molecule has 1 unspecified atom stereocenters. The molecule has 0 spiro atoms. The van der Waals surface area contributed by atoms with Crippen molar-refractivity contribution in [3.8, 4) is 0 Å². The molecule has 1 N–H and O–H groups in total. The molecule has 0 saturated carbocycles. The first kappa shape index (κ1) is 13.6. The normalized spacial score (nSPS) is 12.6. The molecule has 1 atom stereocenters. The van der Waals surface area contributed by atoms with E-state index in [2.05, 4.69) is 54.9 Å². The lowest BCUT2D eigenvalue weighted by molar-refractivity contribution is 0.606. The molecule has 0 aliphatic carbocycles. The van der Waals surface area contributed by atoms with Crippen molar-refractivity contribution < 1.29 is 0 Å². The maximum atomic E-state index is 6.45. The molecule has 1 aromatic carbocycles. The maximum absolute atomic E-state index is 6.45. The van der Waals surface area contributed by atoms with Crippen molar-refractivity contribution in [2.45, 2.75) is 26.3 Å². The van der Waals surface area contributed by atoms with Crippen LogP contribution in [0.3, 0.4) is 0 Å². The zero-order chi connectivity index (χ0) is 13.0. The minimum atomic E-state index is 0.206. The molecular weight excluding hydrogens is 262 g/mol. The van der Waals surface area contributed by atoms with Gasteiger partial charge in [0.2, 0.25) is 0 Å². The average Bonchev–Trinajstić information content (AvgIpc) is 2.88. The van der Waals surface area contributed by atoms with Gasteiger partial charge in [-0.05, 0) is 42.5 Å². The molecule has 0 radical (unpaired) electrons. The lowest BCUT2D eigenvalue weighted by atomic mass is 10.0. The Labute approximate surface area is 118 Å². The van der Waals surface area contributed by atoms with Crippen molar-refractivity contribution in [1.29, 1.82) is 0 Å². The van der Waals surface area contributed by atoms with Crippen LogP contribution < -0.4 is 5.32 Å². The highest BCUT2D eigenvalue weighted by atomic mass is 35.5. The van der Waals surface area contributed by atoms with Crippen molar-refractivity contribution in [1.82, 2.24) is 5.32 Å². The first-order valence-corrected chi connectivity index (χ1v) is 7.51. The van der Waals surface area contributed by atoms with E-state index in [-0.39, 0.29) is 6.04 Å². The molecule has 0 aliphatic rings. The van der Waals surface area contributed by atoms with E-state index in [9.17, 15) is 0 Å². The maximum Gasteiger partial charge on any atom is 0.0685 e. The number of hydrogen-bond acceptors (Lipinski definition) is 2. The summed E-state index contributed by atoms with van der Waals surface area (Å²) in [6.45, 7) is 5.22. The second-order valence-corrected chi connectivity index (χ2v) is 5.74. The lowest BCUT2D eigenvalue weighted by Crippen LogP contribution is -2.22. The number of halogens is 1. The Bertz CT molecular complexity index is 493. The van der Waals surface area contributed by atoms with Gasteiger partial charge in [-0.15, -0.1) is 11.3 Å². The molecule has 0 amide bonds. The predicted molar refractivity (Wildman–Crippen MR) is 80.6 cm³/mol.